The predicted octanol–water partition coefficient (Wildman–Crippen LogP) is 4.12. The molecule has 2 atom stereocenters. The summed E-state index contributed by atoms with van der Waals surface area (Å²) in [4.78, 5) is 52.1. The summed E-state index contributed by atoms with van der Waals surface area (Å²) in [7, 11) is 1.49. The number of phenolic OH excluding ortho intramolecular Hbond substituents is 1. The minimum Gasteiger partial charge on any atom is -0.506 e. The van der Waals surface area contributed by atoms with Gasteiger partial charge in [0.15, 0.2) is 0 Å². The topological polar surface area (TPSA) is 220 Å². The first-order valence-corrected chi connectivity index (χ1v) is 18.3. The Hall–Kier alpha value is -7.00. The highest BCUT2D eigenvalue weighted by Gasteiger charge is 2.40. The number of amides is 2. The van der Waals surface area contributed by atoms with E-state index in [0.717, 1.165) is 11.1 Å². The number of fused-ring (bicyclic) bond motifs is 1. The largest absolute Gasteiger partial charge is 0.506 e. The number of aliphatic carboxylic acids is 1. The van der Waals surface area contributed by atoms with Crippen LogP contribution in [0.25, 0.3) is 10.9 Å². The van der Waals surface area contributed by atoms with Gasteiger partial charge in [-0.05, 0) is 65.2 Å². The van der Waals surface area contributed by atoms with Gasteiger partial charge in [0, 0.05) is 59.9 Å². The van der Waals surface area contributed by atoms with Crippen molar-refractivity contribution in [3.8, 4) is 17.2 Å². The summed E-state index contributed by atoms with van der Waals surface area (Å²) in [6, 6.07) is 32.0. The number of carboxylic acids is 1. The second kappa shape index (κ2) is 18.3. The van der Waals surface area contributed by atoms with E-state index in [1.165, 1.54) is 31.4 Å². The normalized spacial score (nSPS) is 12.6. The molecule has 8 N–H and O–H groups in total. The zero-order chi connectivity index (χ0) is 41.2. The maximum atomic E-state index is 12.9. The summed E-state index contributed by atoms with van der Waals surface area (Å²) in [6.45, 7) is 0.941. The number of rotatable bonds is 17. The minimum absolute atomic E-state index is 0.0930. The van der Waals surface area contributed by atoms with E-state index in [-0.39, 0.29) is 66.0 Å². The van der Waals surface area contributed by atoms with Gasteiger partial charge in [-0.2, -0.15) is 0 Å². The van der Waals surface area contributed by atoms with Crippen molar-refractivity contribution in [2.75, 3.05) is 26.7 Å². The summed E-state index contributed by atoms with van der Waals surface area (Å²) in [6.07, 6.45) is -0.945. The van der Waals surface area contributed by atoms with Gasteiger partial charge >= 0.3 is 5.97 Å². The third kappa shape index (κ3) is 9.33. The number of aliphatic hydroxyl groups is 2. The van der Waals surface area contributed by atoms with Gasteiger partial charge in [-0.15, -0.1) is 0 Å². The fourth-order valence-electron chi connectivity index (χ4n) is 6.41. The first kappa shape index (κ1) is 40.7. The molecule has 0 unspecified atom stereocenters. The maximum absolute atomic E-state index is 12.9. The number of carboxylic acid groups (broad SMARTS) is 1. The van der Waals surface area contributed by atoms with E-state index in [2.05, 4.69) is 20.9 Å². The van der Waals surface area contributed by atoms with E-state index in [4.69, 9.17) is 9.47 Å². The van der Waals surface area contributed by atoms with Crippen molar-refractivity contribution in [2.45, 2.75) is 24.9 Å². The number of nitrogens with one attached hydrogen (secondary N) is 4. The number of aromatic hydroxyl groups is 1. The molecule has 0 aliphatic rings. The van der Waals surface area contributed by atoms with Crippen LogP contribution in [0.2, 0.25) is 0 Å². The summed E-state index contributed by atoms with van der Waals surface area (Å²) in [5.41, 5.74) is 0.778. The van der Waals surface area contributed by atoms with Crippen LogP contribution in [0, 0.1) is 0 Å². The maximum Gasteiger partial charge on any atom is 0.345 e. The molecule has 14 heteroatoms. The van der Waals surface area contributed by atoms with E-state index < -0.39 is 17.7 Å². The smallest absolute Gasteiger partial charge is 0.345 e. The van der Waals surface area contributed by atoms with Crippen molar-refractivity contribution in [3.05, 3.63) is 171 Å². The lowest BCUT2D eigenvalue weighted by atomic mass is 9.86. The van der Waals surface area contributed by atoms with Gasteiger partial charge in [0.2, 0.25) is 11.2 Å². The SMILES string of the molecule is COc1cc(C(=O)NCCNC(=O)c2ccc(COc3cccc([C@](O)(C(=O)O)c4ccccc4)c3)cc2)ccc1CNC[C@H](O)c1ccc(O)c2[nH]c(=O)ccc12. The van der Waals surface area contributed by atoms with Crippen LogP contribution >= 0.6 is 0 Å². The van der Waals surface area contributed by atoms with Crippen LogP contribution in [0.4, 0.5) is 0 Å². The summed E-state index contributed by atoms with van der Waals surface area (Å²) in [5, 5.41) is 51.3. The molecular weight excluding hydrogens is 745 g/mol. The van der Waals surface area contributed by atoms with E-state index >= 15 is 0 Å². The van der Waals surface area contributed by atoms with Crippen molar-refractivity contribution in [1.29, 1.82) is 0 Å². The zero-order valence-corrected chi connectivity index (χ0v) is 31.4. The van der Waals surface area contributed by atoms with Crippen molar-refractivity contribution in [1.82, 2.24) is 20.9 Å². The van der Waals surface area contributed by atoms with E-state index in [0.29, 0.717) is 40.1 Å². The lowest BCUT2D eigenvalue weighted by Crippen LogP contribution is -2.36. The molecule has 298 valence electrons. The molecule has 0 fully saturated rings. The molecule has 14 nitrogen and oxygen atoms in total. The number of pyridine rings is 1. The summed E-state index contributed by atoms with van der Waals surface area (Å²) < 4.78 is 11.4. The Labute approximate surface area is 332 Å². The van der Waals surface area contributed by atoms with Crippen LogP contribution in [0.5, 0.6) is 17.2 Å². The van der Waals surface area contributed by atoms with Crippen molar-refractivity contribution < 1.29 is 44.3 Å². The van der Waals surface area contributed by atoms with Gasteiger partial charge in [-0.1, -0.05) is 66.7 Å². The number of hydrogen-bond acceptors (Lipinski definition) is 10. The summed E-state index contributed by atoms with van der Waals surface area (Å²) in [5.74, 6) is -1.37. The molecule has 2 amide bonds. The molecule has 0 spiro atoms. The van der Waals surface area contributed by atoms with Crippen LogP contribution in [-0.2, 0) is 23.5 Å². The fourth-order valence-corrected chi connectivity index (χ4v) is 6.41. The number of carbonyl (C=O) groups excluding carboxylic acids is 2. The molecule has 0 aliphatic heterocycles. The molecule has 1 heterocycles. The number of benzene rings is 5. The Morgan fingerprint density at radius 1 is 0.793 bits per heavy atom. The number of aromatic amines is 1. The van der Waals surface area contributed by atoms with Crippen molar-refractivity contribution in [3.63, 3.8) is 0 Å². The first-order valence-electron chi connectivity index (χ1n) is 18.3. The Balaban J connectivity index is 0.947. The number of aliphatic hydroxyl groups excluding tert-OH is 1. The number of H-pyrrole nitrogens is 1. The summed E-state index contributed by atoms with van der Waals surface area (Å²) >= 11 is 0. The van der Waals surface area contributed by atoms with Crippen LogP contribution in [0.1, 0.15) is 54.6 Å². The van der Waals surface area contributed by atoms with Crippen LogP contribution in [-0.4, -0.2) is 69.9 Å². The number of phenols is 1. The second-order valence-corrected chi connectivity index (χ2v) is 13.4. The molecule has 5 aromatic carbocycles. The van der Waals surface area contributed by atoms with Crippen LogP contribution in [0.3, 0.4) is 0 Å². The molecule has 0 bridgehead atoms. The van der Waals surface area contributed by atoms with Gasteiger partial charge in [0.05, 0.1) is 18.7 Å². The Morgan fingerprint density at radius 3 is 2.19 bits per heavy atom. The number of ether oxygens (including phenoxy) is 2. The average molecular weight is 787 g/mol. The highest BCUT2D eigenvalue weighted by Crippen LogP contribution is 2.33. The lowest BCUT2D eigenvalue weighted by Gasteiger charge is -2.25. The third-order valence-corrected chi connectivity index (χ3v) is 9.54. The molecule has 1 aromatic heterocycles. The van der Waals surface area contributed by atoms with E-state index in [1.807, 2.05) is 0 Å². The molecule has 0 saturated carbocycles. The molecule has 0 aliphatic carbocycles. The van der Waals surface area contributed by atoms with E-state index in [9.17, 15) is 39.6 Å². The fraction of sp³-hybridized carbons (Fsp3) is 0.182. The van der Waals surface area contributed by atoms with Gasteiger partial charge in [0.1, 0.15) is 23.9 Å². The number of methoxy groups -OCH3 is 1. The van der Waals surface area contributed by atoms with E-state index in [1.54, 1.807) is 97.1 Å². The molecule has 6 rings (SSSR count). The standard InChI is InChI=1S/C44H42N4O10/c1-57-38-22-29(14-15-30(38)24-45-25-37(50)34-16-18-36(49)40-35(34)17-19-39(51)48-40)42(53)47-21-20-46-41(52)28-12-10-27(11-13-28)26-58-33-9-5-8-32(23-33)44(56,43(54)55)31-6-3-2-4-7-31/h2-19,22-23,37,45,49-50,56H,20-21,24-26H2,1H3,(H,46,52)(H,47,53)(H,48,51)(H,54,55)/t37-,44-/m0/s1. The lowest BCUT2D eigenvalue weighted by molar-refractivity contribution is -0.155. The van der Waals surface area contributed by atoms with Gasteiger partial charge in [-0.3, -0.25) is 14.4 Å². The van der Waals surface area contributed by atoms with Gasteiger partial charge in [-0.25, -0.2) is 4.79 Å². The molecule has 6 aromatic rings. The Kier molecular flexibility index (Phi) is 12.8. The molecule has 58 heavy (non-hydrogen) atoms. The third-order valence-electron chi connectivity index (χ3n) is 9.54. The first-order chi connectivity index (χ1) is 28.0. The number of aromatic nitrogens is 1. The molecule has 0 saturated heterocycles. The minimum atomic E-state index is -2.26. The number of hydrogen-bond donors (Lipinski definition) is 8. The Bertz CT molecular complexity index is 2470. The van der Waals surface area contributed by atoms with Gasteiger partial charge < -0.3 is 50.8 Å². The average Bonchev–Trinajstić information content (AvgIpc) is 3.24. The number of carbonyl (C=O) groups is 3. The monoisotopic (exact) mass is 786 g/mol. The van der Waals surface area contributed by atoms with Crippen molar-refractivity contribution >= 4 is 28.7 Å². The highest BCUT2D eigenvalue weighted by atomic mass is 16.5. The molecular formula is C44H42N4O10. The second-order valence-electron chi connectivity index (χ2n) is 13.4. The van der Waals surface area contributed by atoms with Crippen LogP contribution in [0.15, 0.2) is 126 Å². The molecule has 0 radical (unpaired) electrons. The Morgan fingerprint density at radius 2 is 1.48 bits per heavy atom. The predicted molar refractivity (Wildman–Crippen MR) is 215 cm³/mol. The van der Waals surface area contributed by atoms with Crippen LogP contribution < -0.4 is 31.0 Å². The van der Waals surface area contributed by atoms with Crippen molar-refractivity contribution in [2.24, 2.45) is 0 Å². The highest BCUT2D eigenvalue weighted by molar-refractivity contribution is 5.95. The quantitative estimate of drug-likeness (QED) is 0.0615. The zero-order valence-electron chi connectivity index (χ0n) is 31.4. The van der Waals surface area contributed by atoms with Gasteiger partial charge in [0.25, 0.3) is 11.8 Å².